The van der Waals surface area contributed by atoms with Crippen LogP contribution in [0.2, 0.25) is 0 Å². The van der Waals surface area contributed by atoms with E-state index < -0.39 is 0 Å². The van der Waals surface area contributed by atoms with Crippen LogP contribution in [-0.2, 0) is 4.79 Å². The zero-order valence-electron chi connectivity index (χ0n) is 13.7. The van der Waals surface area contributed by atoms with Crippen LogP contribution in [0.4, 0.5) is 0 Å². The van der Waals surface area contributed by atoms with Crippen LogP contribution in [0.15, 0.2) is 0 Å². The molecule has 4 aliphatic rings. The first-order valence-electron chi connectivity index (χ1n) is 9.17. The molecule has 1 amide bonds. The van der Waals surface area contributed by atoms with Crippen molar-refractivity contribution >= 4 is 5.91 Å². The van der Waals surface area contributed by atoms with Gasteiger partial charge in [-0.05, 0) is 69.1 Å². The van der Waals surface area contributed by atoms with E-state index in [9.17, 15) is 4.79 Å². The number of amides is 1. The number of rotatable bonds is 5. The summed E-state index contributed by atoms with van der Waals surface area (Å²) in [5.74, 6) is 2.01. The maximum absolute atomic E-state index is 13.0. The van der Waals surface area contributed by atoms with Gasteiger partial charge in [-0.2, -0.15) is 0 Å². The Morgan fingerprint density at radius 3 is 2.38 bits per heavy atom. The van der Waals surface area contributed by atoms with Crippen LogP contribution in [0.5, 0.6) is 0 Å². The minimum Gasteiger partial charge on any atom is -0.325 e. The van der Waals surface area contributed by atoms with Gasteiger partial charge < -0.3 is 4.90 Å². The SMILES string of the molecule is CCC1(C)NC(C2CCCC2)N(CC2(C3CC3)CC2)C1=O. The molecule has 2 atom stereocenters. The van der Waals surface area contributed by atoms with Crippen LogP contribution in [-0.4, -0.2) is 29.1 Å². The summed E-state index contributed by atoms with van der Waals surface area (Å²) in [6.07, 6.45) is 12.1. The molecule has 21 heavy (non-hydrogen) atoms. The standard InChI is InChI=1S/C18H30N2O/c1-3-17(2)16(21)20(12-18(10-11-18)14-8-9-14)15(19-17)13-6-4-5-7-13/h13-15,19H,3-12H2,1-2H3. The molecule has 3 saturated carbocycles. The van der Waals surface area contributed by atoms with Crippen LogP contribution in [0.25, 0.3) is 0 Å². The van der Waals surface area contributed by atoms with Gasteiger partial charge in [-0.3, -0.25) is 10.1 Å². The van der Waals surface area contributed by atoms with Gasteiger partial charge in [-0.15, -0.1) is 0 Å². The first-order valence-corrected chi connectivity index (χ1v) is 9.17. The molecular weight excluding hydrogens is 260 g/mol. The molecule has 3 nitrogen and oxygen atoms in total. The molecule has 1 saturated heterocycles. The Morgan fingerprint density at radius 1 is 1.19 bits per heavy atom. The van der Waals surface area contributed by atoms with Crippen LogP contribution < -0.4 is 5.32 Å². The second kappa shape index (κ2) is 4.71. The summed E-state index contributed by atoms with van der Waals surface area (Å²) in [5.41, 5.74) is 0.208. The molecule has 4 fully saturated rings. The quantitative estimate of drug-likeness (QED) is 0.842. The van der Waals surface area contributed by atoms with Crippen LogP contribution >= 0.6 is 0 Å². The van der Waals surface area contributed by atoms with Crippen LogP contribution in [0, 0.1) is 17.3 Å². The third-order valence-corrected chi connectivity index (χ3v) is 6.91. The fourth-order valence-electron chi connectivity index (χ4n) is 4.87. The molecule has 118 valence electrons. The molecule has 0 aromatic rings. The lowest BCUT2D eigenvalue weighted by atomic mass is 9.96. The van der Waals surface area contributed by atoms with Gasteiger partial charge in [0.2, 0.25) is 5.91 Å². The van der Waals surface area contributed by atoms with Crippen LogP contribution in [0.3, 0.4) is 0 Å². The Hall–Kier alpha value is -0.570. The Balaban J connectivity index is 1.56. The van der Waals surface area contributed by atoms with E-state index in [-0.39, 0.29) is 5.54 Å². The van der Waals surface area contributed by atoms with Crippen molar-refractivity contribution in [1.29, 1.82) is 0 Å². The Bertz CT molecular complexity index is 434. The molecule has 0 radical (unpaired) electrons. The number of hydrogen-bond acceptors (Lipinski definition) is 2. The highest BCUT2D eigenvalue weighted by molar-refractivity contribution is 5.88. The molecule has 1 aliphatic heterocycles. The summed E-state index contributed by atoms with van der Waals surface area (Å²) < 4.78 is 0. The summed E-state index contributed by atoms with van der Waals surface area (Å²) in [6.45, 7) is 5.31. The van der Waals surface area contributed by atoms with E-state index in [0.29, 0.717) is 23.4 Å². The number of nitrogens with one attached hydrogen (secondary N) is 1. The van der Waals surface area contributed by atoms with Crippen molar-refractivity contribution in [1.82, 2.24) is 10.2 Å². The normalized spacial score (nSPS) is 39.2. The van der Waals surface area contributed by atoms with Gasteiger partial charge in [0.15, 0.2) is 0 Å². The molecule has 2 unspecified atom stereocenters. The van der Waals surface area contributed by atoms with Gasteiger partial charge >= 0.3 is 0 Å². The molecule has 3 heteroatoms. The third-order valence-electron chi connectivity index (χ3n) is 6.91. The molecule has 0 aromatic carbocycles. The molecule has 0 bridgehead atoms. The van der Waals surface area contributed by atoms with E-state index in [1.54, 1.807) is 0 Å². The number of nitrogens with zero attached hydrogens (tertiary/aromatic N) is 1. The average Bonchev–Trinajstić information content (AvgIpc) is 3.39. The lowest BCUT2D eigenvalue weighted by molar-refractivity contribution is -0.134. The first kappa shape index (κ1) is 14.0. The molecular formula is C18H30N2O. The minimum atomic E-state index is -0.313. The summed E-state index contributed by atoms with van der Waals surface area (Å²) in [5, 5.41) is 3.74. The van der Waals surface area contributed by atoms with Crippen molar-refractivity contribution in [3.8, 4) is 0 Å². The second-order valence-electron chi connectivity index (χ2n) is 8.39. The molecule has 1 heterocycles. The van der Waals surface area contributed by atoms with Crippen molar-refractivity contribution in [2.75, 3.05) is 6.54 Å². The summed E-state index contributed by atoms with van der Waals surface area (Å²) in [4.78, 5) is 15.3. The van der Waals surface area contributed by atoms with E-state index in [4.69, 9.17) is 0 Å². The average molecular weight is 290 g/mol. The number of carbonyl (C=O) groups excluding carboxylic acids is 1. The highest BCUT2D eigenvalue weighted by atomic mass is 16.2. The van der Waals surface area contributed by atoms with Crippen molar-refractivity contribution in [2.24, 2.45) is 17.3 Å². The highest BCUT2D eigenvalue weighted by Crippen LogP contribution is 2.62. The van der Waals surface area contributed by atoms with Gasteiger partial charge in [0.1, 0.15) is 0 Å². The highest BCUT2D eigenvalue weighted by Gasteiger charge is 2.58. The lowest BCUT2D eigenvalue weighted by Crippen LogP contribution is -2.46. The molecule has 1 N–H and O–H groups in total. The maximum Gasteiger partial charge on any atom is 0.243 e. The van der Waals surface area contributed by atoms with Crippen molar-refractivity contribution in [3.05, 3.63) is 0 Å². The van der Waals surface area contributed by atoms with E-state index in [1.165, 1.54) is 51.4 Å². The minimum absolute atomic E-state index is 0.313. The van der Waals surface area contributed by atoms with Crippen LogP contribution in [0.1, 0.15) is 71.6 Å². The van der Waals surface area contributed by atoms with Gasteiger partial charge in [0.25, 0.3) is 0 Å². The molecule has 0 aromatic heterocycles. The fraction of sp³-hybridized carbons (Fsp3) is 0.944. The van der Waals surface area contributed by atoms with Gasteiger partial charge in [-0.1, -0.05) is 19.8 Å². The van der Waals surface area contributed by atoms with Gasteiger partial charge in [-0.25, -0.2) is 0 Å². The Morgan fingerprint density at radius 2 is 1.86 bits per heavy atom. The van der Waals surface area contributed by atoms with Gasteiger partial charge in [0.05, 0.1) is 11.7 Å². The summed E-state index contributed by atoms with van der Waals surface area (Å²) >= 11 is 0. The Labute approximate surface area is 128 Å². The summed E-state index contributed by atoms with van der Waals surface area (Å²) in [7, 11) is 0. The van der Waals surface area contributed by atoms with Crippen molar-refractivity contribution in [2.45, 2.75) is 83.3 Å². The second-order valence-corrected chi connectivity index (χ2v) is 8.39. The maximum atomic E-state index is 13.0. The van der Waals surface area contributed by atoms with E-state index >= 15 is 0 Å². The van der Waals surface area contributed by atoms with E-state index in [1.807, 2.05) is 0 Å². The first-order chi connectivity index (χ1) is 10.1. The zero-order chi connectivity index (χ0) is 14.7. The monoisotopic (exact) mass is 290 g/mol. The smallest absolute Gasteiger partial charge is 0.243 e. The fourth-order valence-corrected chi connectivity index (χ4v) is 4.87. The predicted molar refractivity (Wildman–Crippen MR) is 83.7 cm³/mol. The predicted octanol–water partition coefficient (Wildman–Crippen LogP) is 3.29. The third kappa shape index (κ3) is 2.23. The van der Waals surface area contributed by atoms with Gasteiger partial charge in [0, 0.05) is 6.54 Å². The van der Waals surface area contributed by atoms with E-state index in [0.717, 1.165) is 18.9 Å². The molecule has 4 rings (SSSR count). The summed E-state index contributed by atoms with van der Waals surface area (Å²) in [6, 6.07) is 0. The number of carbonyl (C=O) groups is 1. The van der Waals surface area contributed by atoms with Crippen molar-refractivity contribution in [3.63, 3.8) is 0 Å². The lowest BCUT2D eigenvalue weighted by Gasteiger charge is -2.32. The van der Waals surface area contributed by atoms with E-state index in [2.05, 4.69) is 24.1 Å². The molecule has 0 spiro atoms. The number of hydrogen-bond donors (Lipinski definition) is 1. The topological polar surface area (TPSA) is 32.3 Å². The Kier molecular flexibility index (Phi) is 3.15. The van der Waals surface area contributed by atoms with Crippen molar-refractivity contribution < 1.29 is 4.79 Å². The molecule has 3 aliphatic carbocycles. The largest absolute Gasteiger partial charge is 0.325 e. The zero-order valence-corrected chi connectivity index (χ0v) is 13.7.